The van der Waals surface area contributed by atoms with Crippen molar-refractivity contribution in [3.63, 3.8) is 0 Å². The van der Waals surface area contributed by atoms with E-state index >= 15 is 0 Å². The average molecular weight is 286 g/mol. The lowest BCUT2D eigenvalue weighted by atomic mass is 10.1. The van der Waals surface area contributed by atoms with E-state index in [-0.39, 0.29) is 17.9 Å². The lowest BCUT2D eigenvalue weighted by Gasteiger charge is -2.33. The van der Waals surface area contributed by atoms with Crippen molar-refractivity contribution in [1.82, 2.24) is 9.97 Å². The van der Waals surface area contributed by atoms with Gasteiger partial charge in [0, 0.05) is 13.1 Å². The van der Waals surface area contributed by atoms with Crippen molar-refractivity contribution >= 4 is 23.7 Å². The molecule has 0 aromatic carbocycles. The van der Waals surface area contributed by atoms with Crippen LogP contribution < -0.4 is 4.90 Å². The van der Waals surface area contributed by atoms with E-state index in [1.807, 2.05) is 4.90 Å². The van der Waals surface area contributed by atoms with Crippen LogP contribution in [-0.2, 0) is 4.74 Å². The first-order valence-electron chi connectivity index (χ1n) is 6.19. The van der Waals surface area contributed by atoms with Gasteiger partial charge in [0.1, 0.15) is 17.3 Å². The number of halogens is 1. The number of carbonyl (C=O) groups is 1. The Bertz CT molecular complexity index is 436. The van der Waals surface area contributed by atoms with Gasteiger partial charge in [0.25, 0.3) is 0 Å². The molecule has 1 aliphatic heterocycles. The SMILES string of the molecule is O=Cc1c(Cl)ncnc1N1CCC(OCCO)CC1. The van der Waals surface area contributed by atoms with Crippen LogP contribution in [0.15, 0.2) is 6.33 Å². The van der Waals surface area contributed by atoms with Crippen LogP contribution in [0.25, 0.3) is 0 Å². The topological polar surface area (TPSA) is 75.6 Å². The Morgan fingerprint density at radius 2 is 2.21 bits per heavy atom. The van der Waals surface area contributed by atoms with Crippen molar-refractivity contribution in [3.8, 4) is 0 Å². The van der Waals surface area contributed by atoms with E-state index in [0.29, 0.717) is 24.3 Å². The van der Waals surface area contributed by atoms with Crippen LogP contribution in [0, 0.1) is 0 Å². The zero-order valence-corrected chi connectivity index (χ0v) is 11.2. The van der Waals surface area contributed by atoms with Crippen LogP contribution in [0.5, 0.6) is 0 Å². The van der Waals surface area contributed by atoms with Crippen LogP contribution in [0.1, 0.15) is 23.2 Å². The Kier molecular flexibility index (Phi) is 5.07. The number of hydrogen-bond acceptors (Lipinski definition) is 6. The maximum Gasteiger partial charge on any atom is 0.156 e. The molecule has 1 aromatic heterocycles. The number of rotatable bonds is 5. The number of aliphatic hydroxyl groups excluding tert-OH is 1. The summed E-state index contributed by atoms with van der Waals surface area (Å²) < 4.78 is 5.49. The van der Waals surface area contributed by atoms with Gasteiger partial charge in [0.05, 0.1) is 24.9 Å². The van der Waals surface area contributed by atoms with Gasteiger partial charge in [-0.1, -0.05) is 11.6 Å². The number of hydrogen-bond donors (Lipinski definition) is 1. The van der Waals surface area contributed by atoms with Gasteiger partial charge in [-0.15, -0.1) is 0 Å². The molecule has 0 bridgehead atoms. The highest BCUT2D eigenvalue weighted by molar-refractivity contribution is 6.32. The quantitative estimate of drug-likeness (QED) is 0.640. The van der Waals surface area contributed by atoms with Gasteiger partial charge < -0.3 is 14.7 Å². The first-order valence-corrected chi connectivity index (χ1v) is 6.57. The zero-order valence-electron chi connectivity index (χ0n) is 10.5. The maximum absolute atomic E-state index is 11.1. The molecule has 0 unspecified atom stereocenters. The van der Waals surface area contributed by atoms with Gasteiger partial charge in [-0.25, -0.2) is 9.97 Å². The van der Waals surface area contributed by atoms with Crippen molar-refractivity contribution in [2.45, 2.75) is 18.9 Å². The number of aliphatic hydroxyl groups is 1. The van der Waals surface area contributed by atoms with Crippen molar-refractivity contribution < 1.29 is 14.6 Å². The second-order valence-electron chi connectivity index (χ2n) is 4.30. The van der Waals surface area contributed by atoms with Crippen molar-refractivity contribution in [2.75, 3.05) is 31.2 Å². The van der Waals surface area contributed by atoms with E-state index in [9.17, 15) is 4.79 Å². The van der Waals surface area contributed by atoms with Gasteiger partial charge in [0.2, 0.25) is 0 Å². The molecule has 104 valence electrons. The Morgan fingerprint density at radius 1 is 1.47 bits per heavy atom. The van der Waals surface area contributed by atoms with E-state index in [4.69, 9.17) is 21.4 Å². The third kappa shape index (κ3) is 3.40. The van der Waals surface area contributed by atoms with E-state index < -0.39 is 0 Å². The molecule has 0 saturated carbocycles. The Morgan fingerprint density at radius 3 is 2.84 bits per heavy atom. The second kappa shape index (κ2) is 6.79. The largest absolute Gasteiger partial charge is 0.394 e. The predicted molar refractivity (Wildman–Crippen MR) is 70.7 cm³/mol. The maximum atomic E-state index is 11.1. The van der Waals surface area contributed by atoms with Crippen LogP contribution in [0.2, 0.25) is 5.15 Å². The lowest BCUT2D eigenvalue weighted by Crippen LogP contribution is -2.38. The fraction of sp³-hybridized carbons (Fsp3) is 0.583. The highest BCUT2D eigenvalue weighted by atomic mass is 35.5. The Labute approximate surface area is 116 Å². The van der Waals surface area contributed by atoms with Crippen LogP contribution in [-0.4, -0.2) is 53.8 Å². The zero-order chi connectivity index (χ0) is 13.7. The summed E-state index contributed by atoms with van der Waals surface area (Å²) in [6.45, 7) is 1.88. The Hall–Kier alpha value is -1.24. The standard InChI is InChI=1S/C12H16ClN3O3/c13-11-10(7-18)12(15-8-14-11)16-3-1-9(2-4-16)19-6-5-17/h7-9,17H,1-6H2. The molecular formula is C12H16ClN3O3. The molecule has 0 spiro atoms. The minimum atomic E-state index is 0.0387. The molecule has 2 rings (SSSR count). The molecule has 2 heterocycles. The first-order chi connectivity index (χ1) is 9.26. The summed E-state index contributed by atoms with van der Waals surface area (Å²) in [6.07, 6.45) is 3.87. The average Bonchev–Trinajstić information content (AvgIpc) is 2.45. The van der Waals surface area contributed by atoms with Crippen molar-refractivity contribution in [3.05, 3.63) is 17.0 Å². The van der Waals surface area contributed by atoms with Crippen LogP contribution in [0.4, 0.5) is 5.82 Å². The lowest BCUT2D eigenvalue weighted by molar-refractivity contribution is 0.0158. The second-order valence-corrected chi connectivity index (χ2v) is 4.66. The molecule has 0 atom stereocenters. The molecule has 0 amide bonds. The molecule has 19 heavy (non-hydrogen) atoms. The normalized spacial score (nSPS) is 16.6. The highest BCUT2D eigenvalue weighted by Gasteiger charge is 2.23. The number of anilines is 1. The third-order valence-electron chi connectivity index (χ3n) is 3.12. The molecule has 1 aromatic rings. The van der Waals surface area contributed by atoms with E-state index in [2.05, 4.69) is 9.97 Å². The summed E-state index contributed by atoms with van der Waals surface area (Å²) in [7, 11) is 0. The number of aromatic nitrogens is 2. The summed E-state index contributed by atoms with van der Waals surface area (Å²) in [4.78, 5) is 21.0. The summed E-state index contributed by atoms with van der Waals surface area (Å²) in [5, 5.41) is 8.90. The molecule has 1 aliphatic rings. The summed E-state index contributed by atoms with van der Waals surface area (Å²) in [5.41, 5.74) is 0.332. The minimum absolute atomic E-state index is 0.0387. The van der Waals surface area contributed by atoms with E-state index in [0.717, 1.165) is 25.9 Å². The van der Waals surface area contributed by atoms with Gasteiger partial charge in [-0.05, 0) is 12.8 Å². The number of nitrogens with zero attached hydrogens (tertiary/aromatic N) is 3. The van der Waals surface area contributed by atoms with Gasteiger partial charge in [-0.2, -0.15) is 0 Å². The molecule has 1 saturated heterocycles. The number of aldehydes is 1. The number of piperidine rings is 1. The van der Waals surface area contributed by atoms with Crippen molar-refractivity contribution in [2.24, 2.45) is 0 Å². The third-order valence-corrected chi connectivity index (χ3v) is 3.42. The number of ether oxygens (including phenoxy) is 1. The smallest absolute Gasteiger partial charge is 0.156 e. The molecule has 1 N–H and O–H groups in total. The first kappa shape index (κ1) is 14.2. The van der Waals surface area contributed by atoms with E-state index in [1.54, 1.807) is 0 Å². The predicted octanol–water partition coefficient (Wildman–Crippen LogP) is 0.920. The molecule has 0 aliphatic carbocycles. The molecule has 0 radical (unpaired) electrons. The van der Waals surface area contributed by atoms with Gasteiger partial charge in [0.15, 0.2) is 6.29 Å². The van der Waals surface area contributed by atoms with Gasteiger partial charge in [-0.3, -0.25) is 4.79 Å². The van der Waals surface area contributed by atoms with Crippen molar-refractivity contribution in [1.29, 1.82) is 0 Å². The molecule has 1 fully saturated rings. The minimum Gasteiger partial charge on any atom is -0.394 e. The number of carbonyl (C=O) groups excluding carboxylic acids is 1. The monoisotopic (exact) mass is 285 g/mol. The fourth-order valence-electron chi connectivity index (χ4n) is 2.17. The summed E-state index contributed by atoms with van der Waals surface area (Å²) >= 11 is 5.88. The molecular weight excluding hydrogens is 270 g/mol. The Balaban J connectivity index is 2.01. The van der Waals surface area contributed by atoms with Crippen LogP contribution >= 0.6 is 11.6 Å². The molecule has 6 nitrogen and oxygen atoms in total. The molecule has 7 heteroatoms. The van der Waals surface area contributed by atoms with Gasteiger partial charge >= 0.3 is 0 Å². The summed E-state index contributed by atoms with van der Waals surface area (Å²) in [6, 6.07) is 0. The summed E-state index contributed by atoms with van der Waals surface area (Å²) in [5.74, 6) is 0.579. The van der Waals surface area contributed by atoms with Crippen LogP contribution in [0.3, 0.4) is 0 Å². The van der Waals surface area contributed by atoms with E-state index in [1.165, 1.54) is 6.33 Å². The fourth-order valence-corrected chi connectivity index (χ4v) is 2.35. The highest BCUT2D eigenvalue weighted by Crippen LogP contribution is 2.25.